The molecule has 0 heterocycles. The summed E-state index contributed by atoms with van der Waals surface area (Å²) < 4.78 is 29.5. The number of sulfonamides is 1. The molecule has 1 saturated carbocycles. The van der Waals surface area contributed by atoms with Crippen LogP contribution in [0.5, 0.6) is 0 Å². The summed E-state index contributed by atoms with van der Waals surface area (Å²) in [6, 6.07) is 3.53. The molecule has 0 saturated heterocycles. The highest BCUT2D eigenvalue weighted by Crippen LogP contribution is 2.30. The fraction of sp³-hybridized carbons (Fsp3) is 0.571. The van der Waals surface area contributed by atoms with Crippen LogP contribution in [0.1, 0.15) is 38.2 Å². The molecule has 3 nitrogen and oxygen atoms in total. The van der Waals surface area contributed by atoms with Gasteiger partial charge in [0.25, 0.3) is 0 Å². The summed E-state index contributed by atoms with van der Waals surface area (Å²) in [5, 5.41) is 0. The first-order valence-electron chi connectivity index (χ1n) is 6.79. The van der Waals surface area contributed by atoms with Crippen LogP contribution >= 0.6 is 31.9 Å². The van der Waals surface area contributed by atoms with Crippen molar-refractivity contribution in [1.29, 1.82) is 0 Å². The number of benzene rings is 1. The van der Waals surface area contributed by atoms with Crippen molar-refractivity contribution in [3.8, 4) is 0 Å². The topological polar surface area (TPSA) is 46.2 Å². The molecule has 0 amide bonds. The molecule has 1 aliphatic rings. The smallest absolute Gasteiger partial charge is 0.208 e. The zero-order chi connectivity index (χ0) is 14.9. The molecular weight excluding hydrogens is 406 g/mol. The molecular formula is C14H19Br2NO2S. The van der Waals surface area contributed by atoms with Crippen LogP contribution in [-0.2, 0) is 10.0 Å². The second-order valence-electron chi connectivity index (χ2n) is 5.52. The molecule has 1 aliphatic carbocycles. The molecule has 0 spiro atoms. The van der Waals surface area contributed by atoms with Crippen molar-refractivity contribution in [3.05, 3.63) is 26.6 Å². The maximum Gasteiger partial charge on any atom is 0.241 e. The summed E-state index contributed by atoms with van der Waals surface area (Å²) in [5.41, 5.74) is 0.908. The van der Waals surface area contributed by atoms with Crippen LogP contribution in [0, 0.1) is 12.8 Å². The molecule has 1 fully saturated rings. The van der Waals surface area contributed by atoms with E-state index >= 15 is 0 Å². The van der Waals surface area contributed by atoms with Crippen molar-refractivity contribution >= 4 is 41.9 Å². The molecule has 2 rings (SSSR count). The second kappa shape index (κ2) is 6.46. The predicted octanol–water partition coefficient (Wildman–Crippen LogP) is 4.38. The van der Waals surface area contributed by atoms with Gasteiger partial charge in [0.15, 0.2) is 0 Å². The lowest BCUT2D eigenvalue weighted by Crippen LogP contribution is -2.41. The highest BCUT2D eigenvalue weighted by Gasteiger charge is 2.28. The molecule has 1 N–H and O–H groups in total. The lowest BCUT2D eigenvalue weighted by atomic mass is 9.87. The number of aryl methyl sites for hydroxylation is 1. The molecule has 0 bridgehead atoms. The molecule has 0 aromatic heterocycles. The number of nitrogens with one attached hydrogen (secondary N) is 1. The van der Waals surface area contributed by atoms with Gasteiger partial charge in [-0.3, -0.25) is 0 Å². The van der Waals surface area contributed by atoms with E-state index < -0.39 is 10.0 Å². The zero-order valence-electron chi connectivity index (χ0n) is 11.6. The lowest BCUT2D eigenvalue weighted by molar-refractivity contribution is 0.310. The Hall–Kier alpha value is 0.0900. The average molecular weight is 425 g/mol. The third-order valence-electron chi connectivity index (χ3n) is 3.92. The minimum Gasteiger partial charge on any atom is -0.208 e. The Bertz CT molecular complexity index is 601. The first-order chi connectivity index (χ1) is 9.31. The third kappa shape index (κ3) is 3.64. The standard InChI is InChI=1S/C14H19Br2NO2S/c1-9-5-3-4-6-13(9)17-20(18,19)14-7-10(2)11(15)8-12(14)16/h7-9,13,17H,3-6H2,1-2H3. The molecule has 1 aromatic carbocycles. The van der Waals surface area contributed by atoms with Gasteiger partial charge in [-0.2, -0.15) is 0 Å². The normalized spacial score (nSPS) is 23.8. The Kier molecular flexibility index (Phi) is 5.32. The minimum atomic E-state index is -3.48. The highest BCUT2D eigenvalue weighted by molar-refractivity contribution is 9.11. The first-order valence-corrected chi connectivity index (χ1v) is 9.86. The van der Waals surface area contributed by atoms with Crippen molar-refractivity contribution in [2.75, 3.05) is 0 Å². The summed E-state index contributed by atoms with van der Waals surface area (Å²) >= 11 is 6.76. The summed E-state index contributed by atoms with van der Waals surface area (Å²) in [5.74, 6) is 0.397. The summed E-state index contributed by atoms with van der Waals surface area (Å²) in [6.07, 6.45) is 4.31. The van der Waals surface area contributed by atoms with Gasteiger partial charge in [0.2, 0.25) is 10.0 Å². The van der Waals surface area contributed by atoms with Gasteiger partial charge in [0.1, 0.15) is 0 Å². The first kappa shape index (κ1) is 16.5. The Labute approximate surface area is 137 Å². The Morgan fingerprint density at radius 2 is 1.80 bits per heavy atom. The van der Waals surface area contributed by atoms with Crippen molar-refractivity contribution in [3.63, 3.8) is 0 Å². The fourth-order valence-corrected chi connectivity index (χ4v) is 5.75. The summed E-state index contributed by atoms with van der Waals surface area (Å²) in [4.78, 5) is 0.316. The van der Waals surface area contributed by atoms with Crippen LogP contribution in [0.15, 0.2) is 26.0 Å². The van der Waals surface area contributed by atoms with E-state index in [1.165, 1.54) is 6.42 Å². The Balaban J connectivity index is 2.28. The van der Waals surface area contributed by atoms with Gasteiger partial charge >= 0.3 is 0 Å². The van der Waals surface area contributed by atoms with Gasteiger partial charge in [0.05, 0.1) is 4.90 Å². The number of hydrogen-bond donors (Lipinski definition) is 1. The van der Waals surface area contributed by atoms with Gasteiger partial charge in [-0.05, 0) is 59.3 Å². The Morgan fingerprint density at radius 3 is 2.45 bits per heavy atom. The average Bonchev–Trinajstić information content (AvgIpc) is 2.36. The molecule has 0 radical (unpaired) electrons. The number of hydrogen-bond acceptors (Lipinski definition) is 2. The van der Waals surface area contributed by atoms with E-state index in [4.69, 9.17) is 0 Å². The van der Waals surface area contributed by atoms with Crippen LogP contribution in [0.25, 0.3) is 0 Å². The molecule has 6 heteroatoms. The van der Waals surface area contributed by atoms with Crippen LogP contribution in [0.4, 0.5) is 0 Å². The van der Waals surface area contributed by atoms with E-state index in [2.05, 4.69) is 43.5 Å². The molecule has 0 aliphatic heterocycles. The van der Waals surface area contributed by atoms with E-state index in [1.54, 1.807) is 12.1 Å². The fourth-order valence-electron chi connectivity index (χ4n) is 2.59. The van der Waals surface area contributed by atoms with Gasteiger partial charge in [0, 0.05) is 15.0 Å². The largest absolute Gasteiger partial charge is 0.241 e. The van der Waals surface area contributed by atoms with Crippen molar-refractivity contribution in [2.24, 2.45) is 5.92 Å². The van der Waals surface area contributed by atoms with E-state index in [9.17, 15) is 8.42 Å². The molecule has 2 atom stereocenters. The van der Waals surface area contributed by atoms with E-state index in [1.807, 2.05) is 6.92 Å². The van der Waals surface area contributed by atoms with Crippen molar-refractivity contribution in [1.82, 2.24) is 4.72 Å². The van der Waals surface area contributed by atoms with Gasteiger partial charge in [-0.1, -0.05) is 35.7 Å². The summed E-state index contributed by atoms with van der Waals surface area (Å²) in [7, 11) is -3.48. The van der Waals surface area contributed by atoms with Crippen molar-refractivity contribution in [2.45, 2.75) is 50.5 Å². The van der Waals surface area contributed by atoms with E-state index in [0.29, 0.717) is 15.3 Å². The minimum absolute atomic E-state index is 0.0459. The number of halogens is 2. The molecule has 20 heavy (non-hydrogen) atoms. The summed E-state index contributed by atoms with van der Waals surface area (Å²) in [6.45, 7) is 4.01. The maximum absolute atomic E-state index is 12.6. The zero-order valence-corrected chi connectivity index (χ0v) is 15.6. The van der Waals surface area contributed by atoms with Crippen LogP contribution < -0.4 is 4.72 Å². The van der Waals surface area contributed by atoms with E-state index in [-0.39, 0.29) is 6.04 Å². The van der Waals surface area contributed by atoms with Gasteiger partial charge in [-0.15, -0.1) is 0 Å². The lowest BCUT2D eigenvalue weighted by Gasteiger charge is -2.29. The highest BCUT2D eigenvalue weighted by atomic mass is 79.9. The maximum atomic E-state index is 12.6. The van der Waals surface area contributed by atoms with Crippen LogP contribution in [0.3, 0.4) is 0 Å². The second-order valence-corrected chi connectivity index (χ2v) is 8.91. The van der Waals surface area contributed by atoms with Crippen LogP contribution in [-0.4, -0.2) is 14.5 Å². The van der Waals surface area contributed by atoms with Crippen molar-refractivity contribution < 1.29 is 8.42 Å². The third-order valence-corrected chi connectivity index (χ3v) is 7.22. The van der Waals surface area contributed by atoms with Gasteiger partial charge < -0.3 is 0 Å². The SMILES string of the molecule is Cc1cc(S(=O)(=O)NC2CCCCC2C)c(Br)cc1Br. The quantitative estimate of drug-likeness (QED) is 0.782. The molecule has 2 unspecified atom stereocenters. The predicted molar refractivity (Wildman–Crippen MR) is 88.3 cm³/mol. The molecule has 1 aromatic rings. The molecule has 112 valence electrons. The monoisotopic (exact) mass is 423 g/mol. The van der Waals surface area contributed by atoms with Crippen LogP contribution in [0.2, 0.25) is 0 Å². The van der Waals surface area contributed by atoms with Gasteiger partial charge in [-0.25, -0.2) is 13.1 Å². The Morgan fingerprint density at radius 1 is 1.15 bits per heavy atom. The van der Waals surface area contributed by atoms with E-state index in [0.717, 1.165) is 29.3 Å². The number of rotatable bonds is 3.